The van der Waals surface area contributed by atoms with Crippen molar-refractivity contribution in [1.29, 1.82) is 0 Å². The molecule has 0 unspecified atom stereocenters. The number of halogens is 1. The smallest absolute Gasteiger partial charge is 0.224 e. The molecule has 0 aliphatic carbocycles. The molecule has 0 bridgehead atoms. The lowest BCUT2D eigenvalue weighted by molar-refractivity contribution is -0.131. The molecule has 182 valence electrons. The molecule has 10 heteroatoms. The van der Waals surface area contributed by atoms with Crippen LogP contribution in [-0.4, -0.2) is 83.3 Å². The molecule has 1 N–H and O–H groups in total. The quantitative estimate of drug-likeness (QED) is 0.314. The number of hydrogen-bond donors (Lipinski definition) is 1. The second-order valence-corrected chi connectivity index (χ2v) is 8.50. The number of nitrogens with one attached hydrogen (secondary N) is 1. The summed E-state index contributed by atoms with van der Waals surface area (Å²) in [4.78, 5) is 27.7. The minimum Gasteiger partial charge on any atom is -0.356 e. The Kier molecular flexibility index (Phi) is 10.4. The molecule has 1 amide bonds. The summed E-state index contributed by atoms with van der Waals surface area (Å²) in [5, 5.41) is 7.91. The fourth-order valence-electron chi connectivity index (χ4n) is 4.04. The van der Waals surface area contributed by atoms with Crippen LogP contribution in [0.3, 0.4) is 0 Å². The minimum absolute atomic E-state index is 0. The normalized spacial score (nSPS) is 14.3. The van der Waals surface area contributed by atoms with Gasteiger partial charge in [0, 0.05) is 84.8 Å². The average Bonchev–Trinajstić information content (AvgIpc) is 3.17. The molecule has 1 saturated heterocycles. The predicted octanol–water partition coefficient (Wildman–Crippen LogP) is 2.30. The number of pyridine rings is 1. The van der Waals surface area contributed by atoms with Crippen molar-refractivity contribution in [2.45, 2.75) is 32.7 Å². The molecular weight excluding hydrogens is 531 g/mol. The van der Waals surface area contributed by atoms with Crippen LogP contribution in [0.5, 0.6) is 0 Å². The number of nitrogens with zero attached hydrogens (tertiary/aromatic N) is 7. The Morgan fingerprint density at radius 3 is 2.58 bits per heavy atom. The second kappa shape index (κ2) is 12.8. The van der Waals surface area contributed by atoms with E-state index in [9.17, 15) is 4.79 Å². The summed E-state index contributed by atoms with van der Waals surface area (Å²) in [6.07, 6.45) is 4.31. The highest BCUT2D eigenvalue weighted by Gasteiger charge is 2.22. The summed E-state index contributed by atoms with van der Waals surface area (Å²) in [5.74, 6) is 2.29. The third-order valence-electron chi connectivity index (χ3n) is 5.69. The Morgan fingerprint density at radius 1 is 1.24 bits per heavy atom. The first-order valence-electron chi connectivity index (χ1n) is 11.3. The van der Waals surface area contributed by atoms with E-state index in [1.54, 1.807) is 13.2 Å². The summed E-state index contributed by atoms with van der Waals surface area (Å²) in [6.45, 7) is 8.64. The molecule has 0 atom stereocenters. The number of piperazine rings is 1. The highest BCUT2D eigenvalue weighted by atomic mass is 127. The molecule has 1 aliphatic heterocycles. The van der Waals surface area contributed by atoms with Crippen molar-refractivity contribution in [3.8, 4) is 0 Å². The number of guanidine groups is 1. The Morgan fingerprint density at radius 2 is 1.97 bits per heavy atom. The lowest BCUT2D eigenvalue weighted by Crippen LogP contribution is -2.49. The number of aryl methyl sites for hydroxylation is 1. The van der Waals surface area contributed by atoms with E-state index in [1.807, 2.05) is 41.9 Å². The SMILES string of the molecule is CN=C(NCCC(=O)N1CCN(c2ccccn2)CC1)N(C)Cc1cn(C)nc1C(C)C.I. The molecule has 1 fully saturated rings. The van der Waals surface area contributed by atoms with Gasteiger partial charge in [-0.3, -0.25) is 14.5 Å². The van der Waals surface area contributed by atoms with Crippen LogP contribution in [0.2, 0.25) is 0 Å². The molecule has 9 nitrogen and oxygen atoms in total. The first-order valence-corrected chi connectivity index (χ1v) is 11.3. The molecule has 2 aromatic heterocycles. The zero-order valence-corrected chi connectivity index (χ0v) is 22.7. The minimum atomic E-state index is 0. The summed E-state index contributed by atoms with van der Waals surface area (Å²) in [5.41, 5.74) is 2.30. The molecule has 3 rings (SSSR count). The molecular formula is C23H37IN8O. The second-order valence-electron chi connectivity index (χ2n) is 8.50. The topological polar surface area (TPSA) is 81.9 Å². The Labute approximate surface area is 214 Å². The lowest BCUT2D eigenvalue weighted by atomic mass is 10.1. The number of carbonyl (C=O) groups excluding carboxylic acids is 1. The van der Waals surface area contributed by atoms with Gasteiger partial charge in [0.15, 0.2) is 5.96 Å². The van der Waals surface area contributed by atoms with E-state index in [0.29, 0.717) is 25.4 Å². The first-order chi connectivity index (χ1) is 15.4. The number of amides is 1. The van der Waals surface area contributed by atoms with E-state index in [4.69, 9.17) is 0 Å². The van der Waals surface area contributed by atoms with Gasteiger partial charge in [-0.1, -0.05) is 19.9 Å². The van der Waals surface area contributed by atoms with Gasteiger partial charge in [-0.05, 0) is 18.1 Å². The van der Waals surface area contributed by atoms with E-state index in [0.717, 1.165) is 43.7 Å². The zero-order valence-electron chi connectivity index (χ0n) is 20.4. The monoisotopic (exact) mass is 568 g/mol. The van der Waals surface area contributed by atoms with Crippen LogP contribution in [0, 0.1) is 0 Å². The summed E-state index contributed by atoms with van der Waals surface area (Å²) < 4.78 is 1.86. The van der Waals surface area contributed by atoms with Crippen LogP contribution in [0.4, 0.5) is 5.82 Å². The van der Waals surface area contributed by atoms with Gasteiger partial charge in [-0.25, -0.2) is 4.98 Å². The van der Waals surface area contributed by atoms with Crippen molar-refractivity contribution < 1.29 is 4.79 Å². The van der Waals surface area contributed by atoms with E-state index >= 15 is 0 Å². The van der Waals surface area contributed by atoms with Crippen molar-refractivity contribution in [3.63, 3.8) is 0 Å². The predicted molar refractivity (Wildman–Crippen MR) is 143 cm³/mol. The summed E-state index contributed by atoms with van der Waals surface area (Å²) in [6, 6.07) is 5.92. The maximum Gasteiger partial charge on any atom is 0.224 e. The Balaban J connectivity index is 0.00000385. The van der Waals surface area contributed by atoms with E-state index in [2.05, 4.69) is 50.2 Å². The summed E-state index contributed by atoms with van der Waals surface area (Å²) in [7, 11) is 5.72. The molecule has 33 heavy (non-hydrogen) atoms. The van der Waals surface area contributed by atoms with Gasteiger partial charge in [0.25, 0.3) is 0 Å². The van der Waals surface area contributed by atoms with Crippen molar-refractivity contribution >= 4 is 41.7 Å². The van der Waals surface area contributed by atoms with Crippen LogP contribution in [0.1, 0.15) is 37.4 Å². The van der Waals surface area contributed by atoms with Gasteiger partial charge >= 0.3 is 0 Å². The van der Waals surface area contributed by atoms with Crippen LogP contribution in [-0.2, 0) is 18.4 Å². The molecule has 2 aromatic rings. The highest BCUT2D eigenvalue weighted by molar-refractivity contribution is 14.0. The maximum absolute atomic E-state index is 12.7. The number of anilines is 1. The fourth-order valence-corrected chi connectivity index (χ4v) is 4.04. The third-order valence-corrected chi connectivity index (χ3v) is 5.69. The van der Waals surface area contributed by atoms with E-state index < -0.39 is 0 Å². The molecule has 3 heterocycles. The number of aromatic nitrogens is 3. The van der Waals surface area contributed by atoms with Crippen molar-refractivity contribution in [3.05, 3.63) is 41.9 Å². The summed E-state index contributed by atoms with van der Waals surface area (Å²) >= 11 is 0. The Hall–Kier alpha value is -2.37. The van der Waals surface area contributed by atoms with Crippen molar-refractivity contribution in [1.82, 2.24) is 29.9 Å². The molecule has 1 aliphatic rings. The largest absolute Gasteiger partial charge is 0.356 e. The zero-order chi connectivity index (χ0) is 23.1. The number of carbonyl (C=O) groups is 1. The average molecular weight is 569 g/mol. The maximum atomic E-state index is 12.7. The number of aliphatic imine (C=N–C) groups is 1. The number of rotatable bonds is 7. The van der Waals surface area contributed by atoms with Crippen LogP contribution >= 0.6 is 24.0 Å². The van der Waals surface area contributed by atoms with E-state index in [1.165, 1.54) is 5.56 Å². The van der Waals surface area contributed by atoms with Gasteiger partial charge in [0.1, 0.15) is 5.82 Å². The van der Waals surface area contributed by atoms with Gasteiger partial charge in [0.05, 0.1) is 5.69 Å². The highest BCUT2D eigenvalue weighted by Crippen LogP contribution is 2.18. The van der Waals surface area contributed by atoms with Crippen LogP contribution in [0.25, 0.3) is 0 Å². The van der Waals surface area contributed by atoms with E-state index in [-0.39, 0.29) is 29.9 Å². The van der Waals surface area contributed by atoms with Crippen molar-refractivity contribution in [2.75, 3.05) is 51.7 Å². The van der Waals surface area contributed by atoms with Crippen molar-refractivity contribution in [2.24, 2.45) is 12.0 Å². The Bertz CT molecular complexity index is 906. The first kappa shape index (κ1) is 26.9. The molecule has 0 aromatic carbocycles. The molecule has 0 radical (unpaired) electrons. The number of hydrogen-bond acceptors (Lipinski definition) is 5. The van der Waals surface area contributed by atoms with Crippen LogP contribution < -0.4 is 10.2 Å². The third kappa shape index (κ3) is 7.31. The lowest BCUT2D eigenvalue weighted by Gasteiger charge is -2.35. The van der Waals surface area contributed by atoms with Gasteiger partial charge in [-0.15, -0.1) is 24.0 Å². The van der Waals surface area contributed by atoms with Gasteiger partial charge in [0.2, 0.25) is 5.91 Å². The molecule has 0 saturated carbocycles. The molecule has 0 spiro atoms. The van der Waals surface area contributed by atoms with Crippen LogP contribution in [0.15, 0.2) is 35.6 Å². The fraction of sp³-hybridized carbons (Fsp3) is 0.565. The van der Waals surface area contributed by atoms with Gasteiger partial charge < -0.3 is 20.0 Å². The van der Waals surface area contributed by atoms with Gasteiger partial charge in [-0.2, -0.15) is 5.10 Å². The standard InChI is InChI=1S/C23H36N8O.HI/c1-18(2)22-19(17-29(5)27-22)16-28(4)23(24-3)26-11-9-21(32)31-14-12-30(13-15-31)20-8-6-7-10-25-20;/h6-8,10,17-18H,9,11-16H2,1-5H3,(H,24,26);1H.